The Morgan fingerprint density at radius 2 is 0.696 bits per heavy atom. The van der Waals surface area contributed by atoms with Crippen LogP contribution in [-0.2, 0) is 66.9 Å². The maximum absolute atomic E-state index is 12.3. The van der Waals surface area contributed by atoms with E-state index in [0.29, 0.717) is 6.42 Å². The number of nitrogens with one attached hydrogen (secondary N) is 5. The quantitative estimate of drug-likeness (QED) is 0.0382. The van der Waals surface area contributed by atoms with Crippen molar-refractivity contribution in [1.29, 1.82) is 0 Å². The first kappa shape index (κ1) is 63.5. The Morgan fingerprint density at radius 3 is 1.12 bits per heavy atom. The van der Waals surface area contributed by atoms with Gasteiger partial charge < -0.3 is 71.7 Å². The highest BCUT2D eigenvalue weighted by atomic mass is 16.5. The predicted octanol–water partition coefficient (Wildman–Crippen LogP) is 1.15. The van der Waals surface area contributed by atoms with Crippen molar-refractivity contribution < 1.29 is 87.3 Å². The summed E-state index contributed by atoms with van der Waals surface area (Å²) in [7, 11) is 0. The van der Waals surface area contributed by atoms with E-state index >= 15 is 0 Å². The lowest BCUT2D eigenvalue weighted by molar-refractivity contribution is -0.144. The van der Waals surface area contributed by atoms with Crippen molar-refractivity contribution in [2.24, 2.45) is 5.73 Å². The molecule has 0 saturated heterocycles. The first-order valence-electron chi connectivity index (χ1n) is 23.9. The van der Waals surface area contributed by atoms with Gasteiger partial charge in [0.2, 0.25) is 35.4 Å². The number of unbranched alkanes of at least 4 members (excludes halogenated alkanes) is 13. The lowest BCUT2D eigenvalue weighted by Gasteiger charge is -2.16. The van der Waals surface area contributed by atoms with Gasteiger partial charge in [0.15, 0.2) is 0 Å². The second-order valence-corrected chi connectivity index (χ2v) is 16.3. The number of ether oxygens (including phenoxy) is 4. The van der Waals surface area contributed by atoms with Crippen molar-refractivity contribution in [2.45, 2.75) is 159 Å². The molecule has 0 aromatic rings. The number of hydrogen-bond donors (Lipinski definition) is 10. The first-order valence-corrected chi connectivity index (χ1v) is 23.9. The first-order chi connectivity index (χ1) is 33.0. The molecule has 0 aromatic heterocycles. The van der Waals surface area contributed by atoms with Gasteiger partial charge in [-0.05, 0) is 32.1 Å². The van der Waals surface area contributed by atoms with Gasteiger partial charge in [0.25, 0.3) is 0 Å². The number of carbonyl (C=O) groups excluding carboxylic acids is 6. The van der Waals surface area contributed by atoms with E-state index in [4.69, 9.17) is 34.9 Å². The second-order valence-electron chi connectivity index (χ2n) is 16.3. The molecule has 0 aliphatic heterocycles. The average Bonchev–Trinajstić information content (AvgIpc) is 3.28. The number of carboxylic acids is 4. The summed E-state index contributed by atoms with van der Waals surface area (Å²) < 4.78 is 21.1. The Kier molecular flexibility index (Phi) is 39.3. The van der Waals surface area contributed by atoms with Crippen LogP contribution in [0.3, 0.4) is 0 Å². The fraction of sp³-hybridized carbons (Fsp3) is 0.778. The van der Waals surface area contributed by atoms with Crippen LogP contribution in [-0.4, -0.2) is 164 Å². The van der Waals surface area contributed by atoms with Crippen molar-refractivity contribution in [3.63, 3.8) is 0 Å². The Bertz CT molecular complexity index is 1540. The number of rotatable bonds is 48. The van der Waals surface area contributed by atoms with Gasteiger partial charge in [0.1, 0.15) is 31.3 Å². The van der Waals surface area contributed by atoms with E-state index in [1.54, 1.807) is 0 Å². The predicted molar refractivity (Wildman–Crippen MR) is 246 cm³/mol. The van der Waals surface area contributed by atoms with Gasteiger partial charge in [-0.2, -0.15) is 0 Å². The topological polar surface area (TPSA) is 375 Å². The van der Waals surface area contributed by atoms with E-state index in [-0.39, 0.29) is 110 Å². The van der Waals surface area contributed by atoms with E-state index in [1.807, 2.05) is 0 Å². The number of amides is 6. The standard InChI is InChI=1S/C45H78N6O18/c46-36(52)20-17-33(43(60)61)50-39(55)22-19-35(45(64)65)51-41(57)32-69-30-28-67-26-24-48-40(56)31-68-29-27-66-25-23-47-37(53)21-18-34(44(62)63)49-38(54)15-13-11-9-7-5-3-1-2-4-6-8-10-12-14-16-42(58)59/h33-35H,1-32H2,(H2,46,52)(H,47,53)(H,48,56)(H,49,54)(H,50,55)(H,51,57)(H,58,59)(H,60,61)(H,62,63)(H,64,65)/t33-,34-,35-/m0/s1. The molecule has 0 heterocycles. The Morgan fingerprint density at radius 1 is 0.362 bits per heavy atom. The van der Waals surface area contributed by atoms with Gasteiger partial charge >= 0.3 is 23.9 Å². The highest BCUT2D eigenvalue weighted by Crippen LogP contribution is 2.14. The zero-order chi connectivity index (χ0) is 51.5. The maximum Gasteiger partial charge on any atom is 0.326 e. The van der Waals surface area contributed by atoms with Gasteiger partial charge in [-0.1, -0.05) is 77.0 Å². The van der Waals surface area contributed by atoms with Crippen molar-refractivity contribution in [3.05, 3.63) is 0 Å². The summed E-state index contributed by atoms with van der Waals surface area (Å²) in [5.41, 5.74) is 5.00. The van der Waals surface area contributed by atoms with E-state index in [0.717, 1.165) is 51.4 Å². The Labute approximate surface area is 403 Å². The number of carboxylic acid groups (broad SMARTS) is 4. The minimum Gasteiger partial charge on any atom is -0.481 e. The number of nitrogens with two attached hydrogens (primary N) is 1. The molecule has 6 amide bonds. The minimum atomic E-state index is -1.46. The SMILES string of the molecule is NC(=O)CC[C@H](NC(=O)CC[C@H](NC(=O)COCCOCCNC(=O)COCCOCCNC(=O)CC[C@H](NC(=O)CCCCCCCCCCCCCCCCC(=O)O)C(=O)O)C(=O)O)C(=O)O. The summed E-state index contributed by atoms with van der Waals surface area (Å²) >= 11 is 0. The molecule has 0 radical (unpaired) electrons. The molecule has 69 heavy (non-hydrogen) atoms. The summed E-state index contributed by atoms with van der Waals surface area (Å²) in [6.07, 6.45) is 13.8. The third-order valence-electron chi connectivity index (χ3n) is 10.3. The summed E-state index contributed by atoms with van der Waals surface area (Å²) in [4.78, 5) is 117. The molecule has 0 aliphatic carbocycles. The minimum absolute atomic E-state index is 0.0335. The van der Waals surface area contributed by atoms with Gasteiger partial charge in [-0.3, -0.25) is 33.6 Å². The molecule has 0 aromatic carbocycles. The zero-order valence-electron chi connectivity index (χ0n) is 39.9. The van der Waals surface area contributed by atoms with E-state index in [9.17, 15) is 58.2 Å². The van der Waals surface area contributed by atoms with Crippen LogP contribution in [0, 0.1) is 0 Å². The van der Waals surface area contributed by atoms with Crippen LogP contribution >= 0.6 is 0 Å². The van der Waals surface area contributed by atoms with Crippen molar-refractivity contribution in [2.75, 3.05) is 65.9 Å². The third-order valence-corrected chi connectivity index (χ3v) is 10.3. The van der Waals surface area contributed by atoms with Crippen LogP contribution in [0.5, 0.6) is 0 Å². The van der Waals surface area contributed by atoms with Gasteiger partial charge in [0, 0.05) is 45.2 Å². The molecule has 11 N–H and O–H groups in total. The number of hydrogen-bond acceptors (Lipinski definition) is 14. The Balaban J connectivity index is 3.85. The number of aliphatic carboxylic acids is 4. The fourth-order valence-electron chi connectivity index (χ4n) is 6.50. The van der Waals surface area contributed by atoms with Crippen LogP contribution in [0.1, 0.15) is 141 Å². The molecule has 0 fully saturated rings. The molecule has 396 valence electrons. The van der Waals surface area contributed by atoms with Crippen molar-refractivity contribution >= 4 is 59.3 Å². The highest BCUT2D eigenvalue weighted by Gasteiger charge is 2.25. The largest absolute Gasteiger partial charge is 0.481 e. The third kappa shape index (κ3) is 41.3. The summed E-state index contributed by atoms with van der Waals surface area (Å²) in [5.74, 6) is -8.23. The average molecular weight is 991 g/mol. The molecule has 0 saturated carbocycles. The Hall–Kier alpha value is -5.46. The molecule has 0 unspecified atom stereocenters. The maximum atomic E-state index is 12.3. The summed E-state index contributed by atoms with van der Waals surface area (Å²) in [6.45, 7) is 0.0759. The molecular weight excluding hydrogens is 913 g/mol. The molecule has 0 aliphatic rings. The van der Waals surface area contributed by atoms with Crippen LogP contribution < -0.4 is 32.3 Å². The fourth-order valence-corrected chi connectivity index (χ4v) is 6.50. The van der Waals surface area contributed by atoms with Crippen LogP contribution in [0.15, 0.2) is 0 Å². The highest BCUT2D eigenvalue weighted by molar-refractivity contribution is 5.87. The summed E-state index contributed by atoms with van der Waals surface area (Å²) in [5, 5.41) is 48.8. The summed E-state index contributed by atoms with van der Waals surface area (Å²) in [6, 6.07) is -4.02. The van der Waals surface area contributed by atoms with Gasteiger partial charge in [-0.25, -0.2) is 14.4 Å². The number of primary amides is 1. The smallest absolute Gasteiger partial charge is 0.326 e. The van der Waals surface area contributed by atoms with E-state index in [1.165, 1.54) is 32.1 Å². The molecule has 0 spiro atoms. The van der Waals surface area contributed by atoms with Crippen molar-refractivity contribution in [1.82, 2.24) is 26.6 Å². The van der Waals surface area contributed by atoms with Crippen LogP contribution in [0.4, 0.5) is 0 Å². The van der Waals surface area contributed by atoms with Crippen molar-refractivity contribution in [3.8, 4) is 0 Å². The lowest BCUT2D eigenvalue weighted by Crippen LogP contribution is -2.45. The van der Waals surface area contributed by atoms with Crippen LogP contribution in [0.25, 0.3) is 0 Å². The van der Waals surface area contributed by atoms with Gasteiger partial charge in [-0.15, -0.1) is 0 Å². The molecule has 3 atom stereocenters. The monoisotopic (exact) mass is 991 g/mol. The molecular formula is C45H78N6O18. The van der Waals surface area contributed by atoms with Crippen LogP contribution in [0.2, 0.25) is 0 Å². The molecule has 24 heteroatoms. The second kappa shape index (κ2) is 42.6. The lowest BCUT2D eigenvalue weighted by atomic mass is 10.0. The molecule has 0 rings (SSSR count). The number of carbonyl (C=O) groups is 10. The van der Waals surface area contributed by atoms with Gasteiger partial charge in [0.05, 0.1) is 39.6 Å². The zero-order valence-corrected chi connectivity index (χ0v) is 39.9. The van der Waals surface area contributed by atoms with E-state index in [2.05, 4.69) is 26.6 Å². The molecule has 0 bridgehead atoms. The normalized spacial score (nSPS) is 12.2. The van der Waals surface area contributed by atoms with E-state index < -0.39 is 84.6 Å². The molecule has 24 nitrogen and oxygen atoms in total.